The lowest BCUT2D eigenvalue weighted by molar-refractivity contribution is -0.158. The third-order valence-electron chi connectivity index (χ3n) is 6.97. The summed E-state index contributed by atoms with van der Waals surface area (Å²) in [4.78, 5) is 30.0. The van der Waals surface area contributed by atoms with E-state index >= 15 is 0 Å². The van der Waals surface area contributed by atoms with Gasteiger partial charge in [-0.05, 0) is 69.1 Å². The van der Waals surface area contributed by atoms with Crippen LogP contribution in [-0.4, -0.2) is 66.6 Å². The number of rotatable bonds is 6. The molecule has 0 unspecified atom stereocenters. The van der Waals surface area contributed by atoms with Gasteiger partial charge in [-0.25, -0.2) is 0 Å². The third-order valence-corrected chi connectivity index (χ3v) is 6.97. The topological polar surface area (TPSA) is 59.1 Å². The van der Waals surface area contributed by atoms with Gasteiger partial charge in [0.05, 0.1) is 13.2 Å². The van der Waals surface area contributed by atoms with E-state index in [0.29, 0.717) is 24.8 Å². The van der Waals surface area contributed by atoms with Crippen molar-refractivity contribution < 1.29 is 19.1 Å². The van der Waals surface area contributed by atoms with E-state index in [0.717, 1.165) is 38.0 Å². The molecule has 3 heterocycles. The summed E-state index contributed by atoms with van der Waals surface area (Å²) < 4.78 is 11.0. The van der Waals surface area contributed by atoms with Gasteiger partial charge in [0, 0.05) is 31.6 Å². The highest BCUT2D eigenvalue weighted by Gasteiger charge is 2.49. The van der Waals surface area contributed by atoms with E-state index in [1.807, 2.05) is 30.9 Å². The lowest BCUT2D eigenvalue weighted by Gasteiger charge is -2.56. The van der Waals surface area contributed by atoms with Crippen LogP contribution < -0.4 is 4.74 Å². The molecule has 3 saturated heterocycles. The molecule has 1 aromatic carbocycles. The monoisotopic (exact) mass is 414 g/mol. The van der Waals surface area contributed by atoms with Crippen LogP contribution in [-0.2, 0) is 20.7 Å². The van der Waals surface area contributed by atoms with E-state index < -0.39 is 0 Å². The number of benzene rings is 1. The highest BCUT2D eigenvalue weighted by molar-refractivity contribution is 5.79. The molecule has 0 saturated carbocycles. The maximum atomic E-state index is 13.0. The Kier molecular flexibility index (Phi) is 6.32. The molecular weight excluding hydrogens is 380 g/mol. The Morgan fingerprint density at radius 2 is 2.03 bits per heavy atom. The molecule has 2 bridgehead atoms. The minimum Gasteiger partial charge on any atom is -0.497 e. The lowest BCUT2D eigenvalue weighted by Crippen LogP contribution is -2.66. The Morgan fingerprint density at radius 1 is 1.23 bits per heavy atom. The Balaban J connectivity index is 1.57. The quantitative estimate of drug-likeness (QED) is 0.718. The van der Waals surface area contributed by atoms with Gasteiger partial charge in [-0.1, -0.05) is 12.1 Å². The van der Waals surface area contributed by atoms with Crippen molar-refractivity contribution in [2.45, 2.75) is 64.1 Å². The van der Waals surface area contributed by atoms with E-state index in [-0.39, 0.29) is 36.6 Å². The van der Waals surface area contributed by atoms with E-state index in [9.17, 15) is 9.59 Å². The summed E-state index contributed by atoms with van der Waals surface area (Å²) in [5, 5.41) is 0. The molecule has 0 radical (unpaired) electrons. The highest BCUT2D eigenvalue weighted by Crippen LogP contribution is 2.42. The summed E-state index contributed by atoms with van der Waals surface area (Å²) in [5.41, 5.74) is 1.18. The summed E-state index contributed by atoms with van der Waals surface area (Å²) in [6, 6.07) is 8.52. The van der Waals surface area contributed by atoms with Gasteiger partial charge in [-0.3, -0.25) is 9.59 Å². The van der Waals surface area contributed by atoms with Gasteiger partial charge >= 0.3 is 0 Å². The fraction of sp³-hybridized carbons (Fsp3) is 0.667. The predicted molar refractivity (Wildman–Crippen MR) is 114 cm³/mol. The number of nitrogens with zero attached hydrogens (tertiary/aromatic N) is 2. The normalized spacial score (nSPS) is 28.5. The lowest BCUT2D eigenvalue weighted by atomic mass is 9.70. The molecule has 0 aromatic heterocycles. The first-order valence-corrected chi connectivity index (χ1v) is 11.3. The summed E-state index contributed by atoms with van der Waals surface area (Å²) in [6.07, 6.45) is 4.60. The van der Waals surface area contributed by atoms with Crippen molar-refractivity contribution in [2.24, 2.45) is 11.8 Å². The van der Waals surface area contributed by atoms with Crippen LogP contribution in [0.5, 0.6) is 5.75 Å². The first-order valence-electron chi connectivity index (χ1n) is 11.3. The molecule has 1 aromatic rings. The van der Waals surface area contributed by atoms with Gasteiger partial charge in [0.25, 0.3) is 0 Å². The number of carbonyl (C=O) groups is 2. The summed E-state index contributed by atoms with van der Waals surface area (Å²) in [6.45, 7) is 5.51. The van der Waals surface area contributed by atoms with Crippen LogP contribution in [0.1, 0.15) is 45.1 Å². The van der Waals surface area contributed by atoms with Crippen LogP contribution in [0.4, 0.5) is 0 Å². The smallest absolute Gasteiger partial charge is 0.248 e. The zero-order valence-corrected chi connectivity index (χ0v) is 18.4. The number of carbonyl (C=O) groups excluding carboxylic acids is 2. The Bertz CT molecular complexity index is 780. The van der Waals surface area contributed by atoms with Gasteiger partial charge in [0.1, 0.15) is 12.4 Å². The number of fused-ring (bicyclic) bond motifs is 4. The zero-order valence-electron chi connectivity index (χ0n) is 18.4. The second-order valence-electron chi connectivity index (χ2n) is 9.30. The van der Waals surface area contributed by atoms with Crippen LogP contribution in [0, 0.1) is 11.8 Å². The molecule has 3 aliphatic rings. The van der Waals surface area contributed by atoms with Crippen molar-refractivity contribution in [3.8, 4) is 5.75 Å². The number of amides is 2. The summed E-state index contributed by atoms with van der Waals surface area (Å²) in [7, 11) is 1.68. The number of hydrogen-bond donors (Lipinski definition) is 0. The molecule has 164 valence electrons. The van der Waals surface area contributed by atoms with Gasteiger partial charge < -0.3 is 19.3 Å². The number of hydrogen-bond acceptors (Lipinski definition) is 4. The SMILES string of the molecule is COc1cccc(C[C@H]2[C@H]3C[C@H](CN(C(=O)COC(C)C)C3)[C@@H]3CCCC(=O)N32)c1. The van der Waals surface area contributed by atoms with E-state index in [1.165, 1.54) is 5.56 Å². The Morgan fingerprint density at radius 3 is 2.80 bits per heavy atom. The number of piperidine rings is 3. The minimum absolute atomic E-state index is 0.0468. The van der Waals surface area contributed by atoms with Crippen molar-refractivity contribution in [3.63, 3.8) is 0 Å². The van der Waals surface area contributed by atoms with Crippen LogP contribution in [0.2, 0.25) is 0 Å². The predicted octanol–water partition coefficient (Wildman–Crippen LogP) is 2.89. The highest BCUT2D eigenvalue weighted by atomic mass is 16.5. The molecule has 2 amide bonds. The number of ether oxygens (including phenoxy) is 2. The largest absolute Gasteiger partial charge is 0.497 e. The van der Waals surface area contributed by atoms with Crippen molar-refractivity contribution in [3.05, 3.63) is 29.8 Å². The Labute approximate surface area is 179 Å². The van der Waals surface area contributed by atoms with E-state index in [2.05, 4.69) is 17.0 Å². The molecule has 3 aliphatic heterocycles. The average Bonchev–Trinajstić information content (AvgIpc) is 2.75. The molecule has 4 atom stereocenters. The Hall–Kier alpha value is -2.08. The van der Waals surface area contributed by atoms with Gasteiger partial charge in [-0.15, -0.1) is 0 Å². The van der Waals surface area contributed by atoms with Gasteiger partial charge in [0.15, 0.2) is 0 Å². The molecular formula is C24H34N2O4. The number of methoxy groups -OCH3 is 1. The summed E-state index contributed by atoms with van der Waals surface area (Å²) in [5.74, 6) is 1.88. The van der Waals surface area contributed by atoms with Crippen LogP contribution in [0.25, 0.3) is 0 Å². The molecule has 0 spiro atoms. The first kappa shape index (κ1) is 21.2. The second kappa shape index (κ2) is 8.96. The van der Waals surface area contributed by atoms with Gasteiger partial charge in [0.2, 0.25) is 11.8 Å². The molecule has 30 heavy (non-hydrogen) atoms. The molecule has 6 nitrogen and oxygen atoms in total. The maximum absolute atomic E-state index is 13.0. The van der Waals surface area contributed by atoms with E-state index in [4.69, 9.17) is 9.47 Å². The second-order valence-corrected chi connectivity index (χ2v) is 9.30. The third kappa shape index (κ3) is 4.34. The standard InChI is InChI=1S/C24H34N2O4/c1-16(2)30-15-24(28)25-13-18-12-19(14-25)22(26-21(18)8-5-9-23(26)27)11-17-6-4-7-20(10-17)29-3/h4,6-7,10,16,18-19,21-22H,5,8-9,11-15H2,1-3H3/t18-,19+,21+,22+/m1/s1. The first-order chi connectivity index (χ1) is 14.5. The van der Waals surface area contributed by atoms with Crippen LogP contribution in [0.15, 0.2) is 24.3 Å². The van der Waals surface area contributed by atoms with Crippen LogP contribution in [0.3, 0.4) is 0 Å². The molecule has 4 rings (SSSR count). The maximum Gasteiger partial charge on any atom is 0.248 e. The van der Waals surface area contributed by atoms with E-state index in [1.54, 1.807) is 7.11 Å². The van der Waals surface area contributed by atoms with Crippen LogP contribution >= 0.6 is 0 Å². The minimum atomic E-state index is 0.0468. The van der Waals surface area contributed by atoms with Crippen molar-refractivity contribution in [1.82, 2.24) is 9.80 Å². The molecule has 0 N–H and O–H groups in total. The molecule has 6 heteroatoms. The van der Waals surface area contributed by atoms with Crippen molar-refractivity contribution >= 4 is 11.8 Å². The summed E-state index contributed by atoms with van der Waals surface area (Å²) >= 11 is 0. The van der Waals surface area contributed by atoms with Gasteiger partial charge in [-0.2, -0.15) is 0 Å². The molecule has 3 fully saturated rings. The number of likely N-dealkylation sites (tertiary alicyclic amines) is 1. The molecule has 0 aliphatic carbocycles. The van der Waals surface area contributed by atoms with Crippen molar-refractivity contribution in [1.29, 1.82) is 0 Å². The fourth-order valence-electron chi connectivity index (χ4n) is 5.61. The van der Waals surface area contributed by atoms with Crippen molar-refractivity contribution in [2.75, 3.05) is 26.8 Å². The average molecular weight is 415 g/mol. The fourth-order valence-corrected chi connectivity index (χ4v) is 5.61. The zero-order chi connectivity index (χ0) is 21.3.